The highest BCUT2D eigenvalue weighted by atomic mass is 32.1. The van der Waals surface area contributed by atoms with E-state index in [1.54, 1.807) is 0 Å². The molecule has 0 bridgehead atoms. The molecule has 0 atom stereocenters. The maximum Gasteiger partial charge on any atom is 0.406 e. The van der Waals surface area contributed by atoms with Crippen LogP contribution in [0.5, 0.6) is 0 Å². The Hall–Kier alpha value is -3.27. The number of rotatable bonds is 7. The van der Waals surface area contributed by atoms with Crippen molar-refractivity contribution in [2.75, 3.05) is 6.54 Å². The zero-order valence-electron chi connectivity index (χ0n) is 15.5. The Balaban J connectivity index is 1.84. The van der Waals surface area contributed by atoms with E-state index in [-0.39, 0.29) is 16.9 Å². The van der Waals surface area contributed by atoms with E-state index in [1.165, 1.54) is 41.0 Å². The third-order valence-corrected chi connectivity index (χ3v) is 5.02. The van der Waals surface area contributed by atoms with Crippen LogP contribution in [0.2, 0.25) is 0 Å². The van der Waals surface area contributed by atoms with Gasteiger partial charge in [-0.25, -0.2) is 4.98 Å². The van der Waals surface area contributed by atoms with E-state index in [0.29, 0.717) is 16.3 Å². The highest BCUT2D eigenvalue weighted by molar-refractivity contribution is 7.09. The standard InChI is InChI=1S/C20H16F3N3O3S/c21-20(22,23)13-25(11-15-8-4-5-9-17(15)26(28)29)19(27)16-12-30-18(24-16)10-14-6-2-1-3-7-14/h1-9,12H,10-11,13H2. The van der Waals surface area contributed by atoms with Crippen molar-refractivity contribution in [2.24, 2.45) is 0 Å². The quantitative estimate of drug-likeness (QED) is 0.393. The summed E-state index contributed by atoms with van der Waals surface area (Å²) >= 11 is 1.17. The van der Waals surface area contributed by atoms with Crippen molar-refractivity contribution in [3.8, 4) is 0 Å². The van der Waals surface area contributed by atoms with Gasteiger partial charge in [0.2, 0.25) is 0 Å². The first kappa shape index (κ1) is 21.4. The van der Waals surface area contributed by atoms with Crippen molar-refractivity contribution in [2.45, 2.75) is 19.1 Å². The van der Waals surface area contributed by atoms with E-state index >= 15 is 0 Å². The number of carbonyl (C=O) groups is 1. The number of halogens is 3. The molecular weight excluding hydrogens is 419 g/mol. The minimum absolute atomic E-state index is 0.0137. The van der Waals surface area contributed by atoms with E-state index in [4.69, 9.17) is 0 Å². The number of hydrogen-bond donors (Lipinski definition) is 0. The lowest BCUT2D eigenvalue weighted by Crippen LogP contribution is -2.38. The molecule has 3 rings (SSSR count). The van der Waals surface area contributed by atoms with Crippen molar-refractivity contribution in [1.29, 1.82) is 0 Å². The highest BCUT2D eigenvalue weighted by Crippen LogP contribution is 2.25. The summed E-state index contributed by atoms with van der Waals surface area (Å²) in [4.78, 5) is 28.0. The van der Waals surface area contributed by atoms with Crippen molar-refractivity contribution in [1.82, 2.24) is 9.88 Å². The topological polar surface area (TPSA) is 76.3 Å². The maximum absolute atomic E-state index is 13.1. The second kappa shape index (κ2) is 9.04. The number of para-hydroxylation sites is 1. The number of amides is 1. The molecule has 6 nitrogen and oxygen atoms in total. The molecule has 0 radical (unpaired) electrons. The summed E-state index contributed by atoms with van der Waals surface area (Å²) < 4.78 is 39.3. The predicted molar refractivity (Wildman–Crippen MR) is 105 cm³/mol. The first-order chi connectivity index (χ1) is 14.2. The zero-order valence-corrected chi connectivity index (χ0v) is 16.3. The van der Waals surface area contributed by atoms with E-state index in [9.17, 15) is 28.1 Å². The summed E-state index contributed by atoms with van der Waals surface area (Å²) in [7, 11) is 0. The monoisotopic (exact) mass is 435 g/mol. The van der Waals surface area contributed by atoms with Crippen molar-refractivity contribution >= 4 is 22.9 Å². The summed E-state index contributed by atoms with van der Waals surface area (Å²) in [6.07, 6.45) is -4.22. The number of thiazole rings is 1. The number of hydrogen-bond acceptors (Lipinski definition) is 5. The molecule has 0 unspecified atom stereocenters. The Morgan fingerprint density at radius 1 is 1.10 bits per heavy atom. The van der Waals surface area contributed by atoms with Crippen LogP contribution >= 0.6 is 11.3 Å². The van der Waals surface area contributed by atoms with Crippen LogP contribution < -0.4 is 0 Å². The van der Waals surface area contributed by atoms with Crippen LogP contribution in [0.1, 0.15) is 26.6 Å². The molecule has 156 valence electrons. The Morgan fingerprint density at radius 3 is 2.43 bits per heavy atom. The molecule has 1 aromatic heterocycles. The summed E-state index contributed by atoms with van der Waals surface area (Å²) in [5.41, 5.74) is 0.507. The fourth-order valence-corrected chi connectivity index (χ4v) is 3.67. The van der Waals surface area contributed by atoms with Crippen LogP contribution in [0.4, 0.5) is 18.9 Å². The molecule has 0 saturated carbocycles. The number of nitro benzene ring substituents is 1. The molecule has 0 fully saturated rings. The van der Waals surface area contributed by atoms with Gasteiger partial charge in [0.25, 0.3) is 11.6 Å². The minimum Gasteiger partial charge on any atom is -0.324 e. The third-order valence-electron chi connectivity index (χ3n) is 4.18. The molecule has 0 aliphatic heterocycles. The van der Waals surface area contributed by atoms with Crippen molar-refractivity contribution in [3.63, 3.8) is 0 Å². The van der Waals surface area contributed by atoms with E-state index < -0.39 is 30.1 Å². The first-order valence-corrected chi connectivity index (χ1v) is 9.67. The van der Waals surface area contributed by atoms with Gasteiger partial charge < -0.3 is 4.90 Å². The molecule has 0 aliphatic rings. The molecule has 0 saturated heterocycles. The highest BCUT2D eigenvalue weighted by Gasteiger charge is 2.35. The Morgan fingerprint density at radius 2 is 1.77 bits per heavy atom. The van der Waals surface area contributed by atoms with Gasteiger partial charge in [-0.05, 0) is 5.56 Å². The Bertz CT molecular complexity index is 1040. The summed E-state index contributed by atoms with van der Waals surface area (Å²) in [6, 6.07) is 14.7. The first-order valence-electron chi connectivity index (χ1n) is 8.79. The lowest BCUT2D eigenvalue weighted by Gasteiger charge is -2.23. The lowest BCUT2D eigenvalue weighted by molar-refractivity contribution is -0.385. The van der Waals surface area contributed by atoms with Gasteiger partial charge >= 0.3 is 6.18 Å². The maximum atomic E-state index is 13.1. The van der Waals surface area contributed by atoms with Gasteiger partial charge in [-0.3, -0.25) is 14.9 Å². The van der Waals surface area contributed by atoms with Crippen molar-refractivity contribution < 1.29 is 22.9 Å². The number of alkyl halides is 3. The summed E-state index contributed by atoms with van der Waals surface area (Å²) in [5, 5.41) is 13.2. The molecule has 10 heteroatoms. The zero-order chi connectivity index (χ0) is 21.7. The molecule has 0 N–H and O–H groups in total. The van der Waals surface area contributed by atoms with Crippen LogP contribution in [0.25, 0.3) is 0 Å². The lowest BCUT2D eigenvalue weighted by atomic mass is 10.1. The van der Waals surface area contributed by atoms with Crippen LogP contribution in [0.15, 0.2) is 60.0 Å². The van der Waals surface area contributed by atoms with Gasteiger partial charge in [-0.15, -0.1) is 11.3 Å². The molecule has 0 spiro atoms. The fourth-order valence-electron chi connectivity index (χ4n) is 2.87. The number of carbonyl (C=O) groups excluding carboxylic acids is 1. The Kier molecular flexibility index (Phi) is 6.46. The second-order valence-corrected chi connectivity index (χ2v) is 7.39. The normalized spacial score (nSPS) is 11.3. The average Bonchev–Trinajstić information content (AvgIpc) is 3.15. The molecular formula is C20H16F3N3O3S. The van der Waals surface area contributed by atoms with E-state index in [2.05, 4.69) is 4.98 Å². The van der Waals surface area contributed by atoms with Crippen LogP contribution in [0, 0.1) is 10.1 Å². The average molecular weight is 435 g/mol. The predicted octanol–water partition coefficient (Wildman–Crippen LogP) is 4.85. The minimum atomic E-state index is -4.66. The molecule has 0 aliphatic carbocycles. The van der Waals surface area contributed by atoms with Crippen LogP contribution in [0.3, 0.4) is 0 Å². The third kappa shape index (κ3) is 5.63. The van der Waals surface area contributed by atoms with E-state index in [1.807, 2.05) is 30.3 Å². The van der Waals surface area contributed by atoms with Gasteiger partial charge in [0, 0.05) is 23.4 Å². The van der Waals surface area contributed by atoms with Gasteiger partial charge in [0.05, 0.1) is 16.5 Å². The van der Waals surface area contributed by atoms with Crippen LogP contribution in [-0.2, 0) is 13.0 Å². The number of benzene rings is 2. The molecule has 1 heterocycles. The van der Waals surface area contributed by atoms with Gasteiger partial charge in [-0.2, -0.15) is 13.2 Å². The molecule has 1 amide bonds. The van der Waals surface area contributed by atoms with Gasteiger partial charge in [-0.1, -0.05) is 48.5 Å². The number of nitrogens with zero attached hydrogens (tertiary/aromatic N) is 3. The second-order valence-electron chi connectivity index (χ2n) is 6.45. The molecule has 3 aromatic rings. The fraction of sp³-hybridized carbons (Fsp3) is 0.200. The van der Waals surface area contributed by atoms with Crippen molar-refractivity contribution in [3.05, 3.63) is 91.9 Å². The van der Waals surface area contributed by atoms with Gasteiger partial charge in [0.1, 0.15) is 12.2 Å². The summed E-state index contributed by atoms with van der Waals surface area (Å²) in [5.74, 6) is -0.930. The van der Waals surface area contributed by atoms with E-state index in [0.717, 1.165) is 5.56 Å². The Labute approximate surface area is 173 Å². The molecule has 30 heavy (non-hydrogen) atoms. The van der Waals surface area contributed by atoms with Crippen LogP contribution in [-0.4, -0.2) is 33.4 Å². The summed E-state index contributed by atoms with van der Waals surface area (Å²) in [6.45, 7) is -2.09. The largest absolute Gasteiger partial charge is 0.406 e. The number of aromatic nitrogens is 1. The molecule has 2 aromatic carbocycles. The smallest absolute Gasteiger partial charge is 0.324 e. The van der Waals surface area contributed by atoms with Gasteiger partial charge in [0.15, 0.2) is 0 Å². The number of nitro groups is 1. The SMILES string of the molecule is O=C(c1csc(Cc2ccccc2)n1)N(Cc1ccccc1[N+](=O)[O-])CC(F)(F)F.